The van der Waals surface area contributed by atoms with Crippen LogP contribution in [0.5, 0.6) is 0 Å². The molecule has 2 aromatic heterocycles. The number of hydrogen-bond donors (Lipinski definition) is 4. The summed E-state index contributed by atoms with van der Waals surface area (Å²) in [5.41, 5.74) is 10.7. The average molecular weight is 280 g/mol. The number of hydrogen-bond acceptors (Lipinski definition) is 6. The Morgan fingerprint density at radius 3 is 2.89 bits per heavy atom. The molecule has 7 nitrogen and oxygen atoms in total. The van der Waals surface area contributed by atoms with Gasteiger partial charge in [-0.3, -0.25) is 0 Å². The molecule has 0 saturated heterocycles. The number of nitrogen functional groups attached to an aromatic ring is 1. The highest BCUT2D eigenvalue weighted by atomic mass is 32.1. The number of nitrogens with two attached hydrogens (primary N) is 2. The van der Waals surface area contributed by atoms with Gasteiger partial charge in [0.2, 0.25) is 5.95 Å². The van der Waals surface area contributed by atoms with Crippen LogP contribution in [0, 0.1) is 0 Å². The fraction of sp³-hybridized carbons (Fsp3) is 0.364. The number of rotatable bonds is 5. The molecule has 0 spiro atoms. The molecule has 2 aromatic rings. The summed E-state index contributed by atoms with van der Waals surface area (Å²) in [6.45, 7) is 3.03. The van der Waals surface area contributed by atoms with Gasteiger partial charge in [-0.15, -0.1) is 11.3 Å². The lowest BCUT2D eigenvalue weighted by molar-refractivity contribution is 0.249. The molecule has 0 aliphatic carbocycles. The van der Waals surface area contributed by atoms with Crippen molar-refractivity contribution < 1.29 is 4.79 Å². The van der Waals surface area contributed by atoms with Gasteiger partial charge in [-0.05, 0) is 12.5 Å². The molecule has 0 fully saturated rings. The van der Waals surface area contributed by atoms with E-state index in [2.05, 4.69) is 33.6 Å². The van der Waals surface area contributed by atoms with Crippen LogP contribution >= 0.6 is 11.3 Å². The average Bonchev–Trinajstić information content (AvgIpc) is 2.77. The van der Waals surface area contributed by atoms with Crippen molar-refractivity contribution in [3.8, 4) is 0 Å². The summed E-state index contributed by atoms with van der Waals surface area (Å²) in [4.78, 5) is 21.1. The zero-order valence-corrected chi connectivity index (χ0v) is 11.4. The summed E-state index contributed by atoms with van der Waals surface area (Å²) in [6.07, 6.45) is 0.948. The molecule has 0 aliphatic heterocycles. The monoisotopic (exact) mass is 280 g/mol. The SMILES string of the molecule is CCc1cc2c(NCCNC(N)=O)nc(N)nc2s1. The number of urea groups is 1. The second-order valence-electron chi connectivity index (χ2n) is 3.93. The maximum atomic E-state index is 10.6. The van der Waals surface area contributed by atoms with Crippen molar-refractivity contribution in [3.63, 3.8) is 0 Å². The van der Waals surface area contributed by atoms with Crippen molar-refractivity contribution in [3.05, 3.63) is 10.9 Å². The highest BCUT2D eigenvalue weighted by Gasteiger charge is 2.09. The van der Waals surface area contributed by atoms with Crippen molar-refractivity contribution in [1.29, 1.82) is 0 Å². The Bertz CT molecular complexity index is 596. The van der Waals surface area contributed by atoms with E-state index >= 15 is 0 Å². The Kier molecular flexibility index (Phi) is 4.00. The summed E-state index contributed by atoms with van der Waals surface area (Å²) < 4.78 is 0. The number of fused-ring (bicyclic) bond motifs is 1. The van der Waals surface area contributed by atoms with Crippen LogP contribution in [0.15, 0.2) is 6.07 Å². The van der Waals surface area contributed by atoms with Crippen LogP contribution < -0.4 is 22.1 Å². The Hall–Kier alpha value is -2.09. The first kappa shape index (κ1) is 13.3. The van der Waals surface area contributed by atoms with E-state index in [1.54, 1.807) is 11.3 Å². The number of nitrogens with zero attached hydrogens (tertiary/aromatic N) is 2. The lowest BCUT2D eigenvalue weighted by Gasteiger charge is -2.07. The minimum absolute atomic E-state index is 0.238. The summed E-state index contributed by atoms with van der Waals surface area (Å²) in [5, 5.41) is 6.58. The first-order valence-electron chi connectivity index (χ1n) is 5.93. The van der Waals surface area contributed by atoms with Gasteiger partial charge in [0.25, 0.3) is 0 Å². The molecule has 0 saturated carbocycles. The molecular formula is C11H16N6OS. The third-order valence-electron chi connectivity index (χ3n) is 2.53. The summed E-state index contributed by atoms with van der Waals surface area (Å²) >= 11 is 1.61. The molecule has 102 valence electrons. The molecule has 2 rings (SSSR count). The number of aromatic nitrogens is 2. The molecule has 2 heterocycles. The largest absolute Gasteiger partial charge is 0.368 e. The molecule has 6 N–H and O–H groups in total. The van der Waals surface area contributed by atoms with E-state index in [0.717, 1.165) is 16.6 Å². The number of amides is 2. The number of carbonyl (C=O) groups is 1. The molecule has 0 aliphatic rings. The molecule has 0 radical (unpaired) electrons. The quantitative estimate of drug-likeness (QED) is 0.607. The van der Waals surface area contributed by atoms with Crippen LogP contribution in [0.25, 0.3) is 10.2 Å². The Balaban J connectivity index is 2.16. The summed E-state index contributed by atoms with van der Waals surface area (Å²) in [6, 6.07) is 1.52. The minimum Gasteiger partial charge on any atom is -0.368 e. The van der Waals surface area contributed by atoms with Crippen LogP contribution in [0.2, 0.25) is 0 Å². The van der Waals surface area contributed by atoms with Crippen molar-refractivity contribution in [2.75, 3.05) is 24.1 Å². The van der Waals surface area contributed by atoms with Crippen LogP contribution in [0.4, 0.5) is 16.6 Å². The molecule has 0 atom stereocenters. The van der Waals surface area contributed by atoms with Gasteiger partial charge in [-0.25, -0.2) is 9.78 Å². The Morgan fingerprint density at radius 2 is 2.21 bits per heavy atom. The van der Waals surface area contributed by atoms with E-state index in [1.807, 2.05) is 0 Å². The van der Waals surface area contributed by atoms with E-state index < -0.39 is 6.03 Å². The third kappa shape index (κ3) is 3.22. The van der Waals surface area contributed by atoms with Gasteiger partial charge < -0.3 is 22.1 Å². The number of anilines is 2. The van der Waals surface area contributed by atoms with Gasteiger partial charge >= 0.3 is 6.03 Å². The predicted octanol–water partition coefficient (Wildman–Crippen LogP) is 0.916. The second kappa shape index (κ2) is 5.70. The van der Waals surface area contributed by atoms with Crippen molar-refractivity contribution >= 4 is 39.4 Å². The molecular weight excluding hydrogens is 264 g/mol. The van der Waals surface area contributed by atoms with Gasteiger partial charge in [0.1, 0.15) is 10.6 Å². The number of carbonyl (C=O) groups excluding carboxylic acids is 1. The van der Waals surface area contributed by atoms with E-state index in [9.17, 15) is 4.79 Å². The highest BCUT2D eigenvalue weighted by Crippen LogP contribution is 2.29. The van der Waals surface area contributed by atoms with Gasteiger partial charge in [0.05, 0.1) is 5.39 Å². The number of thiophene rings is 1. The van der Waals surface area contributed by atoms with Crippen LogP contribution in [0.1, 0.15) is 11.8 Å². The van der Waals surface area contributed by atoms with E-state index in [4.69, 9.17) is 11.5 Å². The minimum atomic E-state index is -0.544. The topological polar surface area (TPSA) is 119 Å². The molecule has 2 amide bonds. The highest BCUT2D eigenvalue weighted by molar-refractivity contribution is 7.18. The Morgan fingerprint density at radius 1 is 1.42 bits per heavy atom. The zero-order chi connectivity index (χ0) is 13.8. The lowest BCUT2D eigenvalue weighted by atomic mass is 10.3. The van der Waals surface area contributed by atoms with Gasteiger partial charge in [-0.1, -0.05) is 6.92 Å². The van der Waals surface area contributed by atoms with Crippen molar-refractivity contribution in [2.45, 2.75) is 13.3 Å². The molecule has 19 heavy (non-hydrogen) atoms. The first-order valence-corrected chi connectivity index (χ1v) is 6.75. The van der Waals surface area contributed by atoms with Crippen molar-refractivity contribution in [2.24, 2.45) is 5.73 Å². The molecule has 0 unspecified atom stereocenters. The standard InChI is InChI=1S/C11H16N6OS/c1-2-6-5-7-8(14-3-4-15-11(13)18)16-10(12)17-9(7)19-6/h5H,2-4H2,1H3,(H3,13,15,18)(H3,12,14,16,17). The number of nitrogens with one attached hydrogen (secondary N) is 2. The van der Waals surface area contributed by atoms with Crippen LogP contribution in [-0.4, -0.2) is 29.1 Å². The maximum Gasteiger partial charge on any atom is 0.312 e. The van der Waals surface area contributed by atoms with E-state index in [1.165, 1.54) is 4.88 Å². The first-order chi connectivity index (χ1) is 9.10. The smallest absolute Gasteiger partial charge is 0.312 e. The van der Waals surface area contributed by atoms with Crippen LogP contribution in [0.3, 0.4) is 0 Å². The fourth-order valence-electron chi connectivity index (χ4n) is 1.66. The van der Waals surface area contributed by atoms with Gasteiger partial charge in [0.15, 0.2) is 0 Å². The van der Waals surface area contributed by atoms with Gasteiger partial charge in [0, 0.05) is 18.0 Å². The normalized spacial score (nSPS) is 10.6. The predicted molar refractivity (Wildman–Crippen MR) is 77.3 cm³/mol. The van der Waals surface area contributed by atoms with Crippen LogP contribution in [-0.2, 0) is 6.42 Å². The van der Waals surface area contributed by atoms with Crippen molar-refractivity contribution in [1.82, 2.24) is 15.3 Å². The second-order valence-corrected chi connectivity index (χ2v) is 5.05. The van der Waals surface area contributed by atoms with E-state index in [-0.39, 0.29) is 5.95 Å². The lowest BCUT2D eigenvalue weighted by Crippen LogP contribution is -2.33. The summed E-state index contributed by atoms with van der Waals surface area (Å²) in [5.74, 6) is 0.923. The third-order valence-corrected chi connectivity index (χ3v) is 3.70. The fourth-order valence-corrected chi connectivity index (χ4v) is 2.64. The molecule has 0 bridgehead atoms. The van der Waals surface area contributed by atoms with Gasteiger partial charge in [-0.2, -0.15) is 4.98 Å². The maximum absolute atomic E-state index is 10.6. The zero-order valence-electron chi connectivity index (χ0n) is 10.6. The summed E-state index contributed by atoms with van der Waals surface area (Å²) in [7, 11) is 0. The number of aryl methyl sites for hydroxylation is 1. The van der Waals surface area contributed by atoms with E-state index in [0.29, 0.717) is 18.9 Å². The number of primary amides is 1. The molecule has 8 heteroatoms. The Labute approximate surface area is 114 Å². The molecule has 0 aromatic carbocycles.